The fourth-order valence-electron chi connectivity index (χ4n) is 4.43. The number of carbonyl (C=O) groups is 1. The molecule has 3 heterocycles. The summed E-state index contributed by atoms with van der Waals surface area (Å²) in [7, 11) is 0. The standard InChI is InChI=1S/C24H25N3O3/c28-23(26-13-11-17-6-3-4-7-18(17)15-26)16-30-19-9-10-21-20(14-19)24(29)27-12-5-1-2-8-22(27)25-21/h3-4,6-7,9-10,14H,1-2,5,8,11-13,15-16H2. The number of ether oxygens (including phenoxy) is 1. The summed E-state index contributed by atoms with van der Waals surface area (Å²) in [6.07, 6.45) is 4.91. The van der Waals surface area contributed by atoms with Crippen LogP contribution >= 0.6 is 0 Å². The average Bonchev–Trinajstić information content (AvgIpc) is 3.03. The van der Waals surface area contributed by atoms with E-state index in [1.54, 1.807) is 16.7 Å². The number of aromatic nitrogens is 2. The molecule has 0 saturated carbocycles. The molecule has 0 aliphatic carbocycles. The molecular formula is C24H25N3O3. The Morgan fingerprint density at radius 1 is 1.00 bits per heavy atom. The van der Waals surface area contributed by atoms with Gasteiger partial charge in [0.15, 0.2) is 6.61 Å². The molecule has 0 atom stereocenters. The van der Waals surface area contributed by atoms with E-state index in [-0.39, 0.29) is 18.1 Å². The van der Waals surface area contributed by atoms with Gasteiger partial charge in [0.05, 0.1) is 10.9 Å². The summed E-state index contributed by atoms with van der Waals surface area (Å²) >= 11 is 0. The minimum Gasteiger partial charge on any atom is -0.484 e. The SMILES string of the molecule is O=C(COc1ccc2nc3n(c(=O)c2c1)CCCCC3)N1CCc2ccccc2C1. The number of amides is 1. The van der Waals surface area contributed by atoms with Gasteiger partial charge in [-0.05, 0) is 48.6 Å². The number of aryl methyl sites for hydroxylation is 1. The molecule has 3 aromatic rings. The predicted octanol–water partition coefficient (Wildman–Crippen LogP) is 3.09. The van der Waals surface area contributed by atoms with Crippen LogP contribution in [0.25, 0.3) is 10.9 Å². The minimum atomic E-state index is -0.0404. The molecule has 5 rings (SSSR count). The lowest BCUT2D eigenvalue weighted by Gasteiger charge is -2.28. The highest BCUT2D eigenvalue weighted by Gasteiger charge is 2.21. The van der Waals surface area contributed by atoms with Crippen molar-refractivity contribution in [2.24, 2.45) is 0 Å². The van der Waals surface area contributed by atoms with E-state index in [0.29, 0.717) is 29.7 Å². The van der Waals surface area contributed by atoms with Gasteiger partial charge in [-0.2, -0.15) is 0 Å². The van der Waals surface area contributed by atoms with E-state index in [1.807, 2.05) is 23.1 Å². The largest absolute Gasteiger partial charge is 0.484 e. The van der Waals surface area contributed by atoms with Crippen molar-refractivity contribution in [3.8, 4) is 5.75 Å². The number of benzene rings is 2. The maximum Gasteiger partial charge on any atom is 0.261 e. The summed E-state index contributed by atoms with van der Waals surface area (Å²) in [6.45, 7) is 2.01. The molecule has 0 unspecified atom stereocenters. The summed E-state index contributed by atoms with van der Waals surface area (Å²) in [5, 5.41) is 0.553. The first kappa shape index (κ1) is 18.9. The first-order valence-corrected chi connectivity index (χ1v) is 10.7. The van der Waals surface area contributed by atoms with Gasteiger partial charge >= 0.3 is 0 Å². The molecule has 1 amide bonds. The van der Waals surface area contributed by atoms with Crippen molar-refractivity contribution < 1.29 is 9.53 Å². The van der Waals surface area contributed by atoms with Crippen LogP contribution in [-0.2, 0) is 30.7 Å². The first-order chi connectivity index (χ1) is 14.7. The van der Waals surface area contributed by atoms with Crippen molar-refractivity contribution in [1.82, 2.24) is 14.5 Å². The highest BCUT2D eigenvalue weighted by Crippen LogP contribution is 2.21. The van der Waals surface area contributed by atoms with Crippen LogP contribution in [0.2, 0.25) is 0 Å². The van der Waals surface area contributed by atoms with Crippen molar-refractivity contribution in [1.29, 1.82) is 0 Å². The highest BCUT2D eigenvalue weighted by molar-refractivity contribution is 5.80. The molecule has 0 radical (unpaired) electrons. The Bertz CT molecular complexity index is 1170. The van der Waals surface area contributed by atoms with E-state index in [0.717, 1.165) is 44.5 Å². The minimum absolute atomic E-state index is 0.0127. The van der Waals surface area contributed by atoms with E-state index in [4.69, 9.17) is 9.72 Å². The van der Waals surface area contributed by atoms with Gasteiger partial charge in [-0.25, -0.2) is 4.98 Å². The van der Waals surface area contributed by atoms with Crippen LogP contribution in [0.1, 0.15) is 36.2 Å². The Morgan fingerprint density at radius 2 is 1.87 bits per heavy atom. The number of hydrogen-bond acceptors (Lipinski definition) is 4. The number of rotatable bonds is 3. The number of nitrogens with zero attached hydrogens (tertiary/aromatic N) is 3. The zero-order valence-corrected chi connectivity index (χ0v) is 17.0. The van der Waals surface area contributed by atoms with Crippen LogP contribution in [-0.4, -0.2) is 33.5 Å². The third kappa shape index (κ3) is 3.58. The van der Waals surface area contributed by atoms with Gasteiger partial charge < -0.3 is 9.64 Å². The van der Waals surface area contributed by atoms with Gasteiger partial charge in [0.2, 0.25) is 0 Å². The van der Waals surface area contributed by atoms with E-state index >= 15 is 0 Å². The molecule has 0 saturated heterocycles. The maximum atomic E-state index is 13.0. The second-order valence-electron chi connectivity index (χ2n) is 8.10. The lowest BCUT2D eigenvalue weighted by molar-refractivity contribution is -0.134. The van der Waals surface area contributed by atoms with Gasteiger partial charge in [0, 0.05) is 26.1 Å². The molecule has 1 aromatic heterocycles. The molecule has 30 heavy (non-hydrogen) atoms. The molecule has 154 valence electrons. The van der Waals surface area contributed by atoms with Gasteiger partial charge in [-0.3, -0.25) is 14.2 Å². The smallest absolute Gasteiger partial charge is 0.261 e. The zero-order chi connectivity index (χ0) is 20.5. The third-order valence-corrected chi connectivity index (χ3v) is 6.13. The van der Waals surface area contributed by atoms with E-state index < -0.39 is 0 Å². The Labute approximate surface area is 175 Å². The summed E-state index contributed by atoms with van der Waals surface area (Å²) < 4.78 is 7.57. The Hall–Kier alpha value is -3.15. The van der Waals surface area contributed by atoms with E-state index in [2.05, 4.69) is 12.1 Å². The molecule has 0 N–H and O–H groups in total. The van der Waals surface area contributed by atoms with Gasteiger partial charge in [0.1, 0.15) is 11.6 Å². The monoisotopic (exact) mass is 403 g/mol. The Morgan fingerprint density at radius 3 is 2.77 bits per heavy atom. The molecule has 6 heteroatoms. The number of fused-ring (bicyclic) bond motifs is 3. The van der Waals surface area contributed by atoms with Crippen LogP contribution in [0.4, 0.5) is 0 Å². The fraction of sp³-hybridized carbons (Fsp3) is 0.375. The molecule has 0 spiro atoms. The quantitative estimate of drug-likeness (QED) is 0.674. The number of hydrogen-bond donors (Lipinski definition) is 0. The molecule has 0 fully saturated rings. The second kappa shape index (κ2) is 7.94. The van der Waals surface area contributed by atoms with Gasteiger partial charge in [-0.15, -0.1) is 0 Å². The van der Waals surface area contributed by atoms with Crippen molar-refractivity contribution >= 4 is 16.8 Å². The fourth-order valence-corrected chi connectivity index (χ4v) is 4.43. The lowest BCUT2D eigenvalue weighted by atomic mass is 10.00. The normalized spacial score (nSPS) is 15.9. The maximum absolute atomic E-state index is 13.0. The zero-order valence-electron chi connectivity index (χ0n) is 17.0. The van der Waals surface area contributed by atoms with E-state index in [9.17, 15) is 9.59 Å². The average molecular weight is 403 g/mol. The lowest BCUT2D eigenvalue weighted by Crippen LogP contribution is -2.38. The van der Waals surface area contributed by atoms with Crippen LogP contribution in [0, 0.1) is 0 Å². The molecule has 0 bridgehead atoms. The first-order valence-electron chi connectivity index (χ1n) is 10.7. The highest BCUT2D eigenvalue weighted by atomic mass is 16.5. The molecule has 2 aliphatic rings. The third-order valence-electron chi connectivity index (χ3n) is 6.13. The molecule has 6 nitrogen and oxygen atoms in total. The molecular weight excluding hydrogens is 378 g/mol. The number of carbonyl (C=O) groups excluding carboxylic acids is 1. The summed E-state index contributed by atoms with van der Waals surface area (Å²) in [4.78, 5) is 32.2. The molecule has 2 aromatic carbocycles. The Kier molecular flexibility index (Phi) is 4.99. The van der Waals surface area contributed by atoms with Crippen LogP contribution in [0.3, 0.4) is 0 Å². The van der Waals surface area contributed by atoms with Crippen LogP contribution < -0.4 is 10.3 Å². The summed E-state index contributed by atoms with van der Waals surface area (Å²) in [5.41, 5.74) is 3.19. The summed E-state index contributed by atoms with van der Waals surface area (Å²) in [6, 6.07) is 13.6. The van der Waals surface area contributed by atoms with Crippen molar-refractivity contribution in [3.63, 3.8) is 0 Å². The second-order valence-corrected chi connectivity index (χ2v) is 8.10. The van der Waals surface area contributed by atoms with Crippen molar-refractivity contribution in [3.05, 3.63) is 69.8 Å². The topological polar surface area (TPSA) is 64.4 Å². The van der Waals surface area contributed by atoms with Crippen LogP contribution in [0.15, 0.2) is 47.3 Å². The Balaban J connectivity index is 1.32. The van der Waals surface area contributed by atoms with Crippen molar-refractivity contribution in [2.45, 2.75) is 45.2 Å². The van der Waals surface area contributed by atoms with Crippen LogP contribution in [0.5, 0.6) is 5.75 Å². The predicted molar refractivity (Wildman–Crippen MR) is 115 cm³/mol. The van der Waals surface area contributed by atoms with E-state index in [1.165, 1.54) is 11.1 Å². The summed E-state index contributed by atoms with van der Waals surface area (Å²) in [5.74, 6) is 1.36. The molecule has 2 aliphatic heterocycles. The van der Waals surface area contributed by atoms with Gasteiger partial charge in [-0.1, -0.05) is 30.7 Å². The van der Waals surface area contributed by atoms with Gasteiger partial charge in [0.25, 0.3) is 11.5 Å². The van der Waals surface area contributed by atoms with Crippen molar-refractivity contribution in [2.75, 3.05) is 13.2 Å².